The van der Waals surface area contributed by atoms with Crippen molar-refractivity contribution in [3.05, 3.63) is 71.3 Å². The van der Waals surface area contributed by atoms with Gasteiger partial charge in [0.05, 0.1) is 6.54 Å². The average molecular weight is 334 g/mol. The number of rotatable bonds is 5. The van der Waals surface area contributed by atoms with Gasteiger partial charge < -0.3 is 4.90 Å². The zero-order chi connectivity index (χ0) is 17.2. The van der Waals surface area contributed by atoms with Gasteiger partial charge >= 0.3 is 0 Å². The Morgan fingerprint density at radius 1 is 1.08 bits per heavy atom. The van der Waals surface area contributed by atoms with Gasteiger partial charge in [-0.05, 0) is 36.1 Å². The van der Waals surface area contributed by atoms with Crippen molar-refractivity contribution in [1.29, 1.82) is 0 Å². The Hall–Kier alpha value is -2.13. The molecule has 1 aliphatic carbocycles. The van der Waals surface area contributed by atoms with Crippen LogP contribution in [0.2, 0.25) is 0 Å². The number of carbonyl (C=O) groups excluding carboxylic acids is 1. The standard InChI is InChI=1S/C22H26N2O/c1-2-23(19-12-13-19)16-22(25)24-14-18-10-6-7-11-20(18)21(15-24)17-8-4-3-5-9-17/h3-11,19,21H,2,12-16H2,1H3. The Morgan fingerprint density at radius 3 is 2.52 bits per heavy atom. The quantitative estimate of drug-likeness (QED) is 0.833. The lowest BCUT2D eigenvalue weighted by molar-refractivity contribution is -0.133. The summed E-state index contributed by atoms with van der Waals surface area (Å²) in [5.41, 5.74) is 3.94. The van der Waals surface area contributed by atoms with Crippen LogP contribution in [-0.4, -0.2) is 41.4 Å². The van der Waals surface area contributed by atoms with Gasteiger partial charge in [0.15, 0.2) is 0 Å². The van der Waals surface area contributed by atoms with E-state index in [-0.39, 0.29) is 11.8 Å². The van der Waals surface area contributed by atoms with E-state index in [0.29, 0.717) is 12.6 Å². The normalized spacial score (nSPS) is 19.8. The molecule has 2 aromatic rings. The molecule has 130 valence electrons. The van der Waals surface area contributed by atoms with Crippen molar-refractivity contribution >= 4 is 5.91 Å². The van der Waals surface area contributed by atoms with Crippen molar-refractivity contribution in [2.45, 2.75) is 38.3 Å². The predicted molar refractivity (Wildman–Crippen MR) is 100 cm³/mol. The molecule has 25 heavy (non-hydrogen) atoms. The first-order valence-corrected chi connectivity index (χ1v) is 9.41. The van der Waals surface area contributed by atoms with Gasteiger partial charge in [-0.3, -0.25) is 9.69 Å². The van der Waals surface area contributed by atoms with Gasteiger partial charge in [-0.25, -0.2) is 0 Å². The molecule has 0 N–H and O–H groups in total. The van der Waals surface area contributed by atoms with Crippen LogP contribution in [0.25, 0.3) is 0 Å². The van der Waals surface area contributed by atoms with E-state index < -0.39 is 0 Å². The van der Waals surface area contributed by atoms with Gasteiger partial charge in [-0.1, -0.05) is 61.5 Å². The van der Waals surface area contributed by atoms with Crippen molar-refractivity contribution in [1.82, 2.24) is 9.80 Å². The first-order chi connectivity index (χ1) is 12.3. The van der Waals surface area contributed by atoms with Gasteiger partial charge in [-0.2, -0.15) is 0 Å². The SMILES string of the molecule is CCN(CC(=O)N1Cc2ccccc2C(c2ccccc2)C1)C1CC1. The van der Waals surface area contributed by atoms with Crippen LogP contribution < -0.4 is 0 Å². The average Bonchev–Trinajstić information content (AvgIpc) is 3.51. The molecule has 3 heteroatoms. The monoisotopic (exact) mass is 334 g/mol. The maximum atomic E-state index is 13.0. The van der Waals surface area contributed by atoms with Crippen molar-refractivity contribution in [3.8, 4) is 0 Å². The largest absolute Gasteiger partial charge is 0.336 e. The van der Waals surface area contributed by atoms with Crippen LogP contribution in [0.15, 0.2) is 54.6 Å². The van der Waals surface area contributed by atoms with Crippen LogP contribution in [0.4, 0.5) is 0 Å². The van der Waals surface area contributed by atoms with Gasteiger partial charge in [-0.15, -0.1) is 0 Å². The van der Waals surface area contributed by atoms with E-state index in [1.807, 2.05) is 0 Å². The molecule has 0 spiro atoms. The third-order valence-electron chi connectivity index (χ3n) is 5.56. The molecule has 0 radical (unpaired) electrons. The summed E-state index contributed by atoms with van der Waals surface area (Å²) < 4.78 is 0. The van der Waals surface area contributed by atoms with Gasteiger partial charge in [0.1, 0.15) is 0 Å². The number of amides is 1. The molecule has 1 aliphatic heterocycles. The Morgan fingerprint density at radius 2 is 1.80 bits per heavy atom. The van der Waals surface area contributed by atoms with Crippen LogP contribution in [0.5, 0.6) is 0 Å². The molecular formula is C22H26N2O. The van der Waals surface area contributed by atoms with Gasteiger partial charge in [0.25, 0.3) is 0 Å². The van der Waals surface area contributed by atoms with Crippen LogP contribution in [0.3, 0.4) is 0 Å². The summed E-state index contributed by atoms with van der Waals surface area (Å²) in [5.74, 6) is 0.537. The molecule has 1 unspecified atom stereocenters. The summed E-state index contributed by atoms with van der Waals surface area (Å²) >= 11 is 0. The molecule has 4 rings (SSSR count). The lowest BCUT2D eigenvalue weighted by atomic mass is 9.84. The molecule has 1 saturated carbocycles. The number of likely N-dealkylation sites (N-methyl/N-ethyl adjacent to an activating group) is 1. The summed E-state index contributed by atoms with van der Waals surface area (Å²) in [6.07, 6.45) is 2.49. The molecule has 1 heterocycles. The van der Waals surface area contributed by atoms with Crippen LogP contribution in [0.1, 0.15) is 42.4 Å². The summed E-state index contributed by atoms with van der Waals surface area (Å²) in [5, 5.41) is 0. The fourth-order valence-electron chi connectivity index (χ4n) is 3.98. The fourth-order valence-corrected chi connectivity index (χ4v) is 3.98. The first kappa shape index (κ1) is 16.3. The van der Waals surface area contributed by atoms with E-state index in [4.69, 9.17) is 0 Å². The van der Waals surface area contributed by atoms with Gasteiger partial charge in [0.2, 0.25) is 5.91 Å². The molecule has 2 aromatic carbocycles. The van der Waals surface area contributed by atoms with E-state index in [9.17, 15) is 4.79 Å². The molecule has 1 atom stereocenters. The minimum absolute atomic E-state index is 0.268. The van der Waals surface area contributed by atoms with Crippen molar-refractivity contribution in [2.24, 2.45) is 0 Å². The summed E-state index contributed by atoms with van der Waals surface area (Å²) in [7, 11) is 0. The van der Waals surface area contributed by atoms with E-state index in [0.717, 1.165) is 19.6 Å². The summed E-state index contributed by atoms with van der Waals surface area (Å²) in [6, 6.07) is 19.8. The number of nitrogens with zero attached hydrogens (tertiary/aromatic N) is 2. The molecule has 0 aromatic heterocycles. The maximum absolute atomic E-state index is 13.0. The van der Waals surface area contributed by atoms with Crippen LogP contribution in [-0.2, 0) is 11.3 Å². The molecule has 2 aliphatic rings. The highest BCUT2D eigenvalue weighted by atomic mass is 16.2. The minimum Gasteiger partial charge on any atom is -0.336 e. The summed E-state index contributed by atoms with van der Waals surface area (Å²) in [6.45, 7) is 5.19. The van der Waals surface area contributed by atoms with E-state index in [1.165, 1.54) is 29.5 Å². The van der Waals surface area contributed by atoms with Crippen molar-refractivity contribution in [2.75, 3.05) is 19.6 Å². The number of hydrogen-bond acceptors (Lipinski definition) is 2. The fraction of sp³-hybridized carbons (Fsp3) is 0.409. The van der Waals surface area contributed by atoms with Crippen LogP contribution in [0, 0.1) is 0 Å². The second-order valence-electron chi connectivity index (χ2n) is 7.23. The van der Waals surface area contributed by atoms with E-state index >= 15 is 0 Å². The zero-order valence-electron chi connectivity index (χ0n) is 14.9. The predicted octanol–water partition coefficient (Wildman–Crippen LogP) is 3.65. The summed E-state index contributed by atoms with van der Waals surface area (Å²) in [4.78, 5) is 17.4. The molecule has 1 amide bonds. The van der Waals surface area contributed by atoms with E-state index in [2.05, 4.69) is 71.3 Å². The highest BCUT2D eigenvalue weighted by Gasteiger charge is 2.33. The lowest BCUT2D eigenvalue weighted by Gasteiger charge is -2.36. The maximum Gasteiger partial charge on any atom is 0.237 e. The lowest BCUT2D eigenvalue weighted by Crippen LogP contribution is -2.44. The Labute approximate surface area is 150 Å². The molecule has 0 bridgehead atoms. The number of carbonyl (C=O) groups is 1. The molecule has 3 nitrogen and oxygen atoms in total. The van der Waals surface area contributed by atoms with Crippen molar-refractivity contribution < 1.29 is 4.79 Å². The number of fused-ring (bicyclic) bond motifs is 1. The smallest absolute Gasteiger partial charge is 0.237 e. The Balaban J connectivity index is 1.58. The number of hydrogen-bond donors (Lipinski definition) is 0. The highest BCUT2D eigenvalue weighted by Crippen LogP contribution is 2.34. The molecular weight excluding hydrogens is 308 g/mol. The van der Waals surface area contributed by atoms with Gasteiger partial charge in [0, 0.05) is 25.0 Å². The topological polar surface area (TPSA) is 23.6 Å². The molecule has 1 fully saturated rings. The highest BCUT2D eigenvalue weighted by molar-refractivity contribution is 5.79. The first-order valence-electron chi connectivity index (χ1n) is 9.41. The second kappa shape index (κ2) is 7.01. The third kappa shape index (κ3) is 3.47. The van der Waals surface area contributed by atoms with Crippen LogP contribution >= 0.6 is 0 Å². The number of benzene rings is 2. The minimum atomic E-state index is 0.268. The second-order valence-corrected chi connectivity index (χ2v) is 7.23. The van der Waals surface area contributed by atoms with E-state index in [1.54, 1.807) is 0 Å². The zero-order valence-corrected chi connectivity index (χ0v) is 14.9. The van der Waals surface area contributed by atoms with Crippen molar-refractivity contribution in [3.63, 3.8) is 0 Å². The molecule has 0 saturated heterocycles. The Kier molecular flexibility index (Phi) is 4.58. The Bertz CT molecular complexity index is 739. The third-order valence-corrected chi connectivity index (χ3v) is 5.56.